The van der Waals surface area contributed by atoms with Crippen LogP contribution in [0.3, 0.4) is 0 Å². The fourth-order valence-electron chi connectivity index (χ4n) is 4.61. The van der Waals surface area contributed by atoms with Crippen molar-refractivity contribution in [2.24, 2.45) is 16.7 Å². The number of amides is 1. The summed E-state index contributed by atoms with van der Waals surface area (Å²) < 4.78 is 0. The molecule has 1 amide bonds. The summed E-state index contributed by atoms with van der Waals surface area (Å²) in [6.07, 6.45) is 0.978. The molecule has 1 aliphatic heterocycles. The van der Waals surface area contributed by atoms with Crippen LogP contribution >= 0.6 is 0 Å². The number of fused-ring (bicyclic) bond motifs is 2. The average Bonchev–Trinajstić information content (AvgIpc) is 2.88. The third-order valence-electron chi connectivity index (χ3n) is 5.71. The Bertz CT molecular complexity index is 818. The van der Waals surface area contributed by atoms with Crippen molar-refractivity contribution < 1.29 is 9.90 Å². The van der Waals surface area contributed by atoms with Gasteiger partial charge in [-0.25, -0.2) is 0 Å². The Morgan fingerprint density at radius 2 is 1.84 bits per heavy atom. The van der Waals surface area contributed by atoms with Gasteiger partial charge < -0.3 is 10.4 Å². The Hall–Kier alpha value is -2.88. The van der Waals surface area contributed by atoms with E-state index in [-0.39, 0.29) is 6.42 Å². The van der Waals surface area contributed by atoms with Crippen LogP contribution in [0.5, 0.6) is 0 Å². The molecule has 6 nitrogen and oxygen atoms in total. The van der Waals surface area contributed by atoms with E-state index in [2.05, 4.69) is 5.32 Å². The van der Waals surface area contributed by atoms with Gasteiger partial charge in [0.2, 0.25) is 5.91 Å². The van der Waals surface area contributed by atoms with E-state index in [1.165, 1.54) is 0 Å². The van der Waals surface area contributed by atoms with Crippen LogP contribution in [-0.4, -0.2) is 16.7 Å². The van der Waals surface area contributed by atoms with E-state index in [1.54, 1.807) is 24.3 Å². The maximum absolute atomic E-state index is 12.7. The lowest BCUT2D eigenvalue weighted by molar-refractivity contribution is -0.128. The number of hydrogen-bond donors (Lipinski definition) is 2. The van der Waals surface area contributed by atoms with Crippen LogP contribution in [-0.2, 0) is 4.79 Å². The fraction of sp³-hybridized carbons (Fsp3) is 0.474. The lowest BCUT2D eigenvalue weighted by atomic mass is 9.48. The largest absolute Gasteiger partial charge is 0.371 e. The first kappa shape index (κ1) is 17.0. The van der Waals surface area contributed by atoms with Crippen molar-refractivity contribution in [3.05, 3.63) is 35.9 Å². The van der Waals surface area contributed by atoms with Crippen LogP contribution in [0.15, 0.2) is 30.3 Å². The molecule has 1 saturated heterocycles. The van der Waals surface area contributed by atoms with Gasteiger partial charge in [-0.2, -0.15) is 15.8 Å². The van der Waals surface area contributed by atoms with Crippen LogP contribution in [0.4, 0.5) is 0 Å². The minimum absolute atomic E-state index is 0.246. The second-order valence-corrected chi connectivity index (χ2v) is 6.89. The van der Waals surface area contributed by atoms with Crippen LogP contribution < -0.4 is 5.32 Å². The monoisotopic (exact) mass is 334 g/mol. The van der Waals surface area contributed by atoms with Crippen molar-refractivity contribution >= 4 is 5.91 Å². The first-order valence-electron chi connectivity index (χ1n) is 8.28. The molecule has 0 unspecified atom stereocenters. The first-order chi connectivity index (χ1) is 11.9. The Kier molecular flexibility index (Phi) is 3.79. The molecule has 2 fully saturated rings. The second-order valence-electron chi connectivity index (χ2n) is 6.89. The molecule has 0 aromatic heterocycles. The van der Waals surface area contributed by atoms with Gasteiger partial charge in [0.15, 0.2) is 10.8 Å². The molecule has 2 bridgehead atoms. The number of rotatable bonds is 3. The molecular formula is C19H18N4O2. The molecule has 1 aromatic carbocycles. The summed E-state index contributed by atoms with van der Waals surface area (Å²) >= 11 is 0. The van der Waals surface area contributed by atoms with Crippen molar-refractivity contribution in [1.29, 1.82) is 15.8 Å². The molecule has 1 aromatic rings. The predicted octanol–water partition coefficient (Wildman–Crippen LogP) is 1.95. The summed E-state index contributed by atoms with van der Waals surface area (Å²) in [4.78, 5) is 12.7. The fourth-order valence-corrected chi connectivity index (χ4v) is 4.61. The quantitative estimate of drug-likeness (QED) is 0.875. The number of carbonyl (C=O) groups is 1. The van der Waals surface area contributed by atoms with E-state index >= 15 is 0 Å². The van der Waals surface area contributed by atoms with Gasteiger partial charge in [-0.3, -0.25) is 4.79 Å². The smallest absolute Gasteiger partial charge is 0.245 e. The van der Waals surface area contributed by atoms with Crippen molar-refractivity contribution in [2.75, 3.05) is 0 Å². The SMILES string of the molecule is CCC[C@H]1[C@H](c2ccccc2)C(C#N)(C#N)[C@]2(C#N)C[C@]1(O)NC2=O. The first-order valence-corrected chi connectivity index (χ1v) is 8.28. The van der Waals surface area contributed by atoms with Gasteiger partial charge in [-0.1, -0.05) is 43.7 Å². The topological polar surface area (TPSA) is 121 Å². The van der Waals surface area contributed by atoms with Crippen LogP contribution in [0, 0.1) is 50.7 Å². The second kappa shape index (κ2) is 5.59. The summed E-state index contributed by atoms with van der Waals surface area (Å²) in [6, 6.07) is 14.9. The maximum Gasteiger partial charge on any atom is 0.245 e. The standard InChI is InChI=1S/C19H18N4O2/c1-2-6-14-15(13-7-4-3-5-8-13)18(11-21,12-22)17(10-20)9-19(14,25)23-16(17)24/h3-5,7-8,14-15,25H,2,6,9H2,1H3,(H,23,24)/t14-,15-,17-,19+/m0/s1. The average molecular weight is 334 g/mol. The van der Waals surface area contributed by atoms with Crippen molar-refractivity contribution in [1.82, 2.24) is 5.32 Å². The number of aliphatic hydroxyl groups is 1. The summed E-state index contributed by atoms with van der Waals surface area (Å²) in [7, 11) is 0. The van der Waals surface area contributed by atoms with Gasteiger partial charge in [0.05, 0.1) is 18.2 Å². The van der Waals surface area contributed by atoms with Crippen LogP contribution in [0.1, 0.15) is 37.7 Å². The van der Waals surface area contributed by atoms with Gasteiger partial charge in [-0.05, 0) is 12.0 Å². The van der Waals surface area contributed by atoms with Crippen molar-refractivity contribution in [2.45, 2.75) is 37.8 Å². The summed E-state index contributed by atoms with van der Waals surface area (Å²) in [6.45, 7) is 1.94. The summed E-state index contributed by atoms with van der Waals surface area (Å²) in [5.74, 6) is -2.02. The Labute approximate surface area is 146 Å². The molecule has 3 rings (SSSR count). The number of carbonyl (C=O) groups excluding carboxylic acids is 1. The van der Waals surface area contributed by atoms with Gasteiger partial charge in [0.1, 0.15) is 5.72 Å². The molecule has 1 saturated carbocycles. The van der Waals surface area contributed by atoms with Gasteiger partial charge in [0.25, 0.3) is 0 Å². The third kappa shape index (κ3) is 1.94. The Morgan fingerprint density at radius 3 is 2.36 bits per heavy atom. The van der Waals surface area contributed by atoms with E-state index in [1.807, 2.05) is 31.2 Å². The van der Waals surface area contributed by atoms with E-state index in [9.17, 15) is 25.7 Å². The summed E-state index contributed by atoms with van der Waals surface area (Å²) in [5, 5.41) is 43.5. The third-order valence-corrected chi connectivity index (χ3v) is 5.71. The van der Waals surface area contributed by atoms with Gasteiger partial charge in [0, 0.05) is 18.3 Å². The van der Waals surface area contributed by atoms with E-state index in [4.69, 9.17) is 0 Å². The molecule has 4 atom stereocenters. The van der Waals surface area contributed by atoms with Gasteiger partial charge >= 0.3 is 0 Å². The number of nitrogens with one attached hydrogen (secondary N) is 1. The Balaban J connectivity index is 2.35. The molecule has 1 aliphatic carbocycles. The highest BCUT2D eigenvalue weighted by molar-refractivity contribution is 5.92. The van der Waals surface area contributed by atoms with E-state index in [0.717, 1.165) is 0 Å². The Morgan fingerprint density at radius 1 is 1.20 bits per heavy atom. The van der Waals surface area contributed by atoms with E-state index < -0.39 is 34.3 Å². The van der Waals surface area contributed by atoms with E-state index in [0.29, 0.717) is 18.4 Å². The predicted molar refractivity (Wildman–Crippen MR) is 87.0 cm³/mol. The summed E-state index contributed by atoms with van der Waals surface area (Å²) in [5.41, 5.74) is -4.68. The van der Waals surface area contributed by atoms with Gasteiger partial charge in [-0.15, -0.1) is 0 Å². The molecule has 25 heavy (non-hydrogen) atoms. The maximum atomic E-state index is 12.7. The molecule has 0 spiro atoms. The van der Waals surface area contributed by atoms with Crippen LogP contribution in [0.25, 0.3) is 0 Å². The zero-order chi connectivity index (χ0) is 18.3. The molecule has 0 radical (unpaired) electrons. The molecule has 126 valence electrons. The number of benzene rings is 1. The highest BCUT2D eigenvalue weighted by Crippen LogP contribution is 2.65. The number of nitriles is 3. The minimum Gasteiger partial charge on any atom is -0.371 e. The highest BCUT2D eigenvalue weighted by atomic mass is 16.3. The zero-order valence-electron chi connectivity index (χ0n) is 13.9. The molecule has 2 N–H and O–H groups in total. The zero-order valence-corrected chi connectivity index (χ0v) is 13.9. The molecular weight excluding hydrogens is 316 g/mol. The molecule has 2 aliphatic rings. The van der Waals surface area contributed by atoms with Crippen LogP contribution in [0.2, 0.25) is 0 Å². The lowest BCUT2D eigenvalue weighted by Crippen LogP contribution is -2.57. The lowest BCUT2D eigenvalue weighted by Gasteiger charge is -2.49. The van der Waals surface area contributed by atoms with Crippen molar-refractivity contribution in [3.63, 3.8) is 0 Å². The number of hydrogen-bond acceptors (Lipinski definition) is 5. The highest BCUT2D eigenvalue weighted by Gasteiger charge is 2.76. The number of nitrogens with zero attached hydrogens (tertiary/aromatic N) is 3. The normalized spacial score (nSPS) is 35.1. The molecule has 6 heteroatoms. The van der Waals surface area contributed by atoms with Crippen molar-refractivity contribution in [3.8, 4) is 18.2 Å². The molecule has 1 heterocycles. The minimum atomic E-state index is -1.89.